The Morgan fingerprint density at radius 2 is 2.00 bits per heavy atom. The highest BCUT2D eigenvalue weighted by Gasteiger charge is 2.63. The summed E-state index contributed by atoms with van der Waals surface area (Å²) < 4.78 is 4.43. The third kappa shape index (κ3) is 0.750. The van der Waals surface area contributed by atoms with Gasteiger partial charge in [0.25, 0.3) is 0 Å². The van der Waals surface area contributed by atoms with E-state index in [1.165, 1.54) is 6.92 Å². The van der Waals surface area contributed by atoms with Crippen molar-refractivity contribution in [2.24, 2.45) is 0 Å². The van der Waals surface area contributed by atoms with E-state index in [-0.39, 0.29) is 0 Å². The van der Waals surface area contributed by atoms with Gasteiger partial charge in [-0.25, -0.2) is 9.59 Å². The minimum atomic E-state index is -1.49. The number of carbonyl (C=O) groups is 2. The van der Waals surface area contributed by atoms with Gasteiger partial charge >= 0.3 is 11.9 Å². The molecule has 0 aromatic rings. The number of hydrogen-bond acceptors (Lipinski definition) is 3. The molecule has 1 fully saturated rings. The van der Waals surface area contributed by atoms with E-state index >= 15 is 0 Å². The van der Waals surface area contributed by atoms with Gasteiger partial charge in [-0.05, 0) is 6.92 Å². The van der Waals surface area contributed by atoms with Crippen molar-refractivity contribution >= 4 is 11.9 Å². The lowest BCUT2D eigenvalue weighted by atomic mass is 10.1. The van der Waals surface area contributed by atoms with Crippen molar-refractivity contribution in [1.82, 2.24) is 0 Å². The van der Waals surface area contributed by atoms with Crippen molar-refractivity contribution in [2.75, 3.05) is 0 Å². The fourth-order valence-electron chi connectivity index (χ4n) is 0.659. The van der Waals surface area contributed by atoms with Gasteiger partial charge in [0.15, 0.2) is 11.7 Å². The summed E-state index contributed by atoms with van der Waals surface area (Å²) in [7, 11) is 0. The smallest absolute Gasteiger partial charge is 0.339 e. The Labute approximate surface area is 56.2 Å². The Morgan fingerprint density at radius 1 is 1.50 bits per heavy atom. The van der Waals surface area contributed by atoms with Crippen LogP contribution in [0.3, 0.4) is 0 Å². The molecule has 0 aromatic carbocycles. The van der Waals surface area contributed by atoms with Gasteiger partial charge < -0.3 is 14.9 Å². The second-order valence-corrected chi connectivity index (χ2v) is 2.25. The molecule has 1 aliphatic rings. The Hall–Kier alpha value is -1.10. The van der Waals surface area contributed by atoms with Crippen molar-refractivity contribution in [1.29, 1.82) is 0 Å². The molecule has 0 aromatic heterocycles. The van der Waals surface area contributed by atoms with E-state index in [0.717, 1.165) is 0 Å². The molecule has 0 spiro atoms. The number of epoxide rings is 1. The minimum absolute atomic E-state index is 1.18. The van der Waals surface area contributed by atoms with Crippen molar-refractivity contribution < 1.29 is 24.5 Å². The summed E-state index contributed by atoms with van der Waals surface area (Å²) in [5.41, 5.74) is -1.49. The van der Waals surface area contributed by atoms with Crippen LogP contribution in [0.4, 0.5) is 0 Å². The zero-order valence-corrected chi connectivity index (χ0v) is 5.20. The molecule has 0 aliphatic carbocycles. The predicted octanol–water partition coefficient (Wildman–Crippen LogP) is -0.687. The quantitative estimate of drug-likeness (QED) is 0.503. The fourth-order valence-corrected chi connectivity index (χ4v) is 0.659. The molecule has 1 saturated heterocycles. The van der Waals surface area contributed by atoms with Gasteiger partial charge in [0.05, 0.1) is 0 Å². The first-order chi connectivity index (χ1) is 4.48. The molecule has 1 heterocycles. The number of ether oxygens (including phenoxy) is 1. The predicted molar refractivity (Wildman–Crippen MR) is 28.5 cm³/mol. The Kier molecular flexibility index (Phi) is 1.19. The molecule has 5 heteroatoms. The molecule has 0 saturated carbocycles. The minimum Gasteiger partial charge on any atom is -0.479 e. The van der Waals surface area contributed by atoms with Gasteiger partial charge in [-0.15, -0.1) is 0 Å². The molecule has 10 heavy (non-hydrogen) atoms. The molecule has 1 aliphatic heterocycles. The average molecular weight is 146 g/mol. The fraction of sp³-hybridized carbons (Fsp3) is 0.600. The molecule has 0 amide bonds. The molecule has 2 atom stereocenters. The summed E-state index contributed by atoms with van der Waals surface area (Å²) in [6, 6.07) is 0. The van der Waals surface area contributed by atoms with E-state index in [1.807, 2.05) is 0 Å². The highest BCUT2D eigenvalue weighted by atomic mass is 16.6. The SMILES string of the molecule is C[C@]1(C(=O)O)OC1C(=O)O. The van der Waals surface area contributed by atoms with Crippen molar-refractivity contribution in [3.63, 3.8) is 0 Å². The summed E-state index contributed by atoms with van der Waals surface area (Å²) in [6.45, 7) is 1.23. The van der Waals surface area contributed by atoms with Crippen LogP contribution in [0, 0.1) is 0 Å². The molecule has 56 valence electrons. The summed E-state index contributed by atoms with van der Waals surface area (Å²) >= 11 is 0. The number of carboxylic acids is 2. The van der Waals surface area contributed by atoms with Crippen molar-refractivity contribution in [2.45, 2.75) is 18.6 Å². The molecule has 5 nitrogen and oxygen atoms in total. The van der Waals surface area contributed by atoms with Crippen LogP contribution in [-0.4, -0.2) is 33.9 Å². The highest BCUT2D eigenvalue weighted by Crippen LogP contribution is 2.36. The van der Waals surface area contributed by atoms with Crippen LogP contribution in [0.2, 0.25) is 0 Å². The van der Waals surface area contributed by atoms with Gasteiger partial charge in [-0.1, -0.05) is 0 Å². The van der Waals surface area contributed by atoms with E-state index in [0.29, 0.717) is 0 Å². The van der Waals surface area contributed by atoms with Crippen LogP contribution in [0.25, 0.3) is 0 Å². The van der Waals surface area contributed by atoms with E-state index in [1.54, 1.807) is 0 Å². The lowest BCUT2D eigenvalue weighted by Crippen LogP contribution is -2.26. The molecule has 0 radical (unpaired) electrons. The van der Waals surface area contributed by atoms with Gasteiger partial charge in [0.2, 0.25) is 0 Å². The lowest BCUT2D eigenvalue weighted by molar-refractivity contribution is -0.143. The van der Waals surface area contributed by atoms with Crippen LogP contribution in [0.1, 0.15) is 6.92 Å². The Morgan fingerprint density at radius 3 is 2.10 bits per heavy atom. The van der Waals surface area contributed by atoms with Crippen LogP contribution < -0.4 is 0 Å². The lowest BCUT2D eigenvalue weighted by Gasteiger charge is -1.93. The number of rotatable bonds is 2. The Bertz CT molecular complexity index is 198. The van der Waals surface area contributed by atoms with Gasteiger partial charge in [0.1, 0.15) is 0 Å². The van der Waals surface area contributed by atoms with Crippen LogP contribution in [-0.2, 0) is 14.3 Å². The maximum absolute atomic E-state index is 10.2. The van der Waals surface area contributed by atoms with Crippen LogP contribution >= 0.6 is 0 Å². The third-order valence-corrected chi connectivity index (χ3v) is 1.45. The van der Waals surface area contributed by atoms with Gasteiger partial charge in [0, 0.05) is 0 Å². The van der Waals surface area contributed by atoms with Crippen LogP contribution in [0.5, 0.6) is 0 Å². The topological polar surface area (TPSA) is 87.1 Å². The zero-order chi connectivity index (χ0) is 7.94. The summed E-state index contributed by atoms with van der Waals surface area (Å²) in [5.74, 6) is -2.47. The van der Waals surface area contributed by atoms with E-state index in [2.05, 4.69) is 4.74 Å². The van der Waals surface area contributed by atoms with Crippen molar-refractivity contribution in [3.05, 3.63) is 0 Å². The van der Waals surface area contributed by atoms with E-state index in [9.17, 15) is 9.59 Å². The third-order valence-electron chi connectivity index (χ3n) is 1.45. The number of hydrogen-bond donors (Lipinski definition) is 2. The normalized spacial score (nSPS) is 37.1. The maximum atomic E-state index is 10.2. The molecule has 1 rings (SSSR count). The molecule has 0 bridgehead atoms. The maximum Gasteiger partial charge on any atom is 0.339 e. The molecular weight excluding hydrogens is 140 g/mol. The first-order valence-corrected chi connectivity index (χ1v) is 2.62. The highest BCUT2D eigenvalue weighted by molar-refractivity contribution is 5.91. The molecule has 2 N–H and O–H groups in total. The first-order valence-electron chi connectivity index (χ1n) is 2.62. The van der Waals surface area contributed by atoms with E-state index < -0.39 is 23.6 Å². The van der Waals surface area contributed by atoms with Gasteiger partial charge in [-0.2, -0.15) is 0 Å². The van der Waals surface area contributed by atoms with Crippen LogP contribution in [0.15, 0.2) is 0 Å². The average Bonchev–Trinajstić information content (AvgIpc) is 2.43. The molecular formula is C5H6O5. The summed E-state index contributed by atoms with van der Waals surface area (Å²) in [5, 5.41) is 16.6. The standard InChI is InChI=1S/C5H6O5/c1-5(4(8)9)2(10-5)3(6)7/h2H,1H3,(H,6,7)(H,8,9)/t2?,5-/m0/s1. The monoisotopic (exact) mass is 146 g/mol. The second kappa shape index (κ2) is 1.69. The second-order valence-electron chi connectivity index (χ2n) is 2.25. The number of carboxylic acid groups (broad SMARTS) is 2. The summed E-state index contributed by atoms with van der Waals surface area (Å²) in [4.78, 5) is 20.3. The Balaban J connectivity index is 2.65. The van der Waals surface area contributed by atoms with Gasteiger partial charge in [-0.3, -0.25) is 0 Å². The molecule has 1 unspecified atom stereocenters. The number of aliphatic carboxylic acids is 2. The summed E-state index contributed by atoms with van der Waals surface area (Å²) in [6.07, 6.45) is -1.18. The first kappa shape index (κ1) is 7.01. The zero-order valence-electron chi connectivity index (χ0n) is 5.20. The largest absolute Gasteiger partial charge is 0.479 e. The van der Waals surface area contributed by atoms with E-state index in [4.69, 9.17) is 10.2 Å². The van der Waals surface area contributed by atoms with Crippen molar-refractivity contribution in [3.8, 4) is 0 Å².